The van der Waals surface area contributed by atoms with Gasteiger partial charge in [-0.3, -0.25) is 0 Å². The number of hydrogen-bond donors (Lipinski definition) is 2. The smallest absolute Gasteiger partial charge is 0.258 e. The van der Waals surface area contributed by atoms with E-state index in [1.54, 1.807) is 23.5 Å². The number of benzene rings is 1. The highest BCUT2D eigenvalue weighted by Crippen LogP contribution is 2.40. The lowest BCUT2D eigenvalue weighted by molar-refractivity contribution is 0.372. The third-order valence-electron chi connectivity index (χ3n) is 5.46. The molecule has 1 unspecified atom stereocenters. The largest absolute Gasteiger partial charge is 0.504 e. The number of allylic oxidation sites excluding steroid dienone is 1. The summed E-state index contributed by atoms with van der Waals surface area (Å²) >= 11 is 7.27. The van der Waals surface area contributed by atoms with Crippen LogP contribution in [0.25, 0.3) is 16.3 Å². The van der Waals surface area contributed by atoms with E-state index in [0.29, 0.717) is 28.5 Å². The van der Waals surface area contributed by atoms with Gasteiger partial charge in [-0.25, -0.2) is 0 Å². The minimum absolute atomic E-state index is 0.0572. The molecule has 0 amide bonds. The van der Waals surface area contributed by atoms with Crippen molar-refractivity contribution >= 4 is 34.2 Å². The maximum atomic E-state index is 10.4. The molecule has 0 saturated carbocycles. The van der Waals surface area contributed by atoms with Crippen LogP contribution in [-0.2, 0) is 0 Å². The number of rotatable bonds is 7. The summed E-state index contributed by atoms with van der Waals surface area (Å²) in [5, 5.41) is 20.6. The van der Waals surface area contributed by atoms with E-state index in [9.17, 15) is 5.11 Å². The van der Waals surface area contributed by atoms with Crippen molar-refractivity contribution in [3.05, 3.63) is 52.9 Å². The number of nitrogens with zero attached hydrogens (tertiary/aromatic N) is 3. The number of phenolic OH excluding ortho intramolecular Hbond substituents is 1. The molecule has 0 fully saturated rings. The Morgan fingerprint density at radius 1 is 1.34 bits per heavy atom. The molecule has 32 heavy (non-hydrogen) atoms. The van der Waals surface area contributed by atoms with Crippen molar-refractivity contribution in [3.8, 4) is 22.2 Å². The fraction of sp³-hybridized carbons (Fsp3) is 0.348. The summed E-state index contributed by atoms with van der Waals surface area (Å²) < 4.78 is 10.9. The first-order chi connectivity index (χ1) is 15.4. The lowest BCUT2D eigenvalue weighted by Gasteiger charge is -2.37. The molecule has 2 aromatic heterocycles. The predicted octanol–water partition coefficient (Wildman–Crippen LogP) is 5.22. The van der Waals surface area contributed by atoms with E-state index in [4.69, 9.17) is 26.5 Å². The highest BCUT2D eigenvalue weighted by Gasteiger charge is 2.34. The molecule has 3 aromatic rings. The number of ether oxygens (including phenoxy) is 1. The van der Waals surface area contributed by atoms with Crippen LogP contribution >= 0.6 is 23.6 Å². The molecule has 2 N–H and O–H groups in total. The number of thiophene rings is 1. The van der Waals surface area contributed by atoms with Crippen LogP contribution in [0.4, 0.5) is 0 Å². The molecular weight excluding hydrogens is 444 g/mol. The van der Waals surface area contributed by atoms with Gasteiger partial charge in [-0.2, -0.15) is 4.98 Å². The summed E-state index contributed by atoms with van der Waals surface area (Å²) in [5.74, 6) is 1.98. The Hall–Kier alpha value is -2.91. The van der Waals surface area contributed by atoms with Crippen LogP contribution in [0.15, 0.2) is 45.9 Å². The first-order valence-electron chi connectivity index (χ1n) is 10.4. The second-order valence-electron chi connectivity index (χ2n) is 8.05. The van der Waals surface area contributed by atoms with Crippen molar-refractivity contribution in [1.82, 2.24) is 20.4 Å². The SMILES string of the molecule is COc1ccc(C2NC(=S)N(CCC(C)C)C(C)=C2c2nc(-c3cccs3)no2)cc1O. The Labute approximate surface area is 196 Å². The molecule has 0 radical (unpaired) electrons. The number of hydrogen-bond acceptors (Lipinski definition) is 7. The van der Waals surface area contributed by atoms with Gasteiger partial charge in [0.25, 0.3) is 5.89 Å². The molecule has 0 aliphatic carbocycles. The highest BCUT2D eigenvalue weighted by molar-refractivity contribution is 7.80. The minimum Gasteiger partial charge on any atom is -0.504 e. The van der Waals surface area contributed by atoms with Gasteiger partial charge in [0, 0.05) is 12.2 Å². The van der Waals surface area contributed by atoms with Crippen LogP contribution in [0.1, 0.15) is 44.7 Å². The minimum atomic E-state index is -0.355. The van der Waals surface area contributed by atoms with E-state index in [1.165, 1.54) is 7.11 Å². The van der Waals surface area contributed by atoms with Crippen molar-refractivity contribution in [2.75, 3.05) is 13.7 Å². The molecular formula is C23H26N4O3S2. The number of aromatic nitrogens is 2. The Kier molecular flexibility index (Phi) is 6.48. The molecule has 0 saturated heterocycles. The maximum Gasteiger partial charge on any atom is 0.258 e. The van der Waals surface area contributed by atoms with Crippen molar-refractivity contribution in [2.45, 2.75) is 33.2 Å². The molecule has 9 heteroatoms. The normalized spacial score (nSPS) is 16.6. The van der Waals surface area contributed by atoms with Crippen molar-refractivity contribution in [2.24, 2.45) is 5.92 Å². The average Bonchev–Trinajstić information content (AvgIpc) is 3.45. The lowest BCUT2D eigenvalue weighted by Crippen LogP contribution is -2.46. The van der Waals surface area contributed by atoms with Gasteiger partial charge in [0.15, 0.2) is 16.6 Å². The molecule has 0 bridgehead atoms. The molecule has 1 aliphatic heterocycles. The third kappa shape index (κ3) is 4.35. The Morgan fingerprint density at radius 2 is 2.16 bits per heavy atom. The van der Waals surface area contributed by atoms with Crippen LogP contribution < -0.4 is 10.1 Å². The molecule has 168 valence electrons. The summed E-state index contributed by atoms with van der Waals surface area (Å²) in [7, 11) is 1.52. The predicted molar refractivity (Wildman–Crippen MR) is 129 cm³/mol. The van der Waals surface area contributed by atoms with E-state index in [1.807, 2.05) is 30.5 Å². The molecule has 1 atom stereocenters. The lowest BCUT2D eigenvalue weighted by atomic mass is 9.94. The standard InChI is InChI=1S/C23H26N4O3S2/c1-13(2)9-10-27-14(3)19(22-25-21(26-30-22)18-6-5-11-32-18)20(24-23(27)31)15-7-8-17(29-4)16(28)12-15/h5-8,11-13,20,28H,9-10H2,1-4H3,(H,24,31). The molecule has 3 heterocycles. The van der Waals surface area contributed by atoms with Gasteiger partial charge in [-0.15, -0.1) is 11.3 Å². The van der Waals surface area contributed by atoms with Gasteiger partial charge in [0.1, 0.15) is 0 Å². The Morgan fingerprint density at radius 3 is 2.81 bits per heavy atom. The van der Waals surface area contributed by atoms with Crippen LogP contribution in [0.5, 0.6) is 11.5 Å². The van der Waals surface area contributed by atoms with E-state index >= 15 is 0 Å². The number of aromatic hydroxyl groups is 1. The summed E-state index contributed by atoms with van der Waals surface area (Å²) in [6, 6.07) is 8.86. The number of nitrogens with one attached hydrogen (secondary N) is 1. The van der Waals surface area contributed by atoms with Crippen LogP contribution in [0.2, 0.25) is 0 Å². The highest BCUT2D eigenvalue weighted by atomic mass is 32.1. The van der Waals surface area contributed by atoms with Gasteiger partial charge in [0.05, 0.1) is 23.6 Å². The molecule has 1 aromatic carbocycles. The second-order valence-corrected chi connectivity index (χ2v) is 9.38. The van der Waals surface area contributed by atoms with Crippen LogP contribution in [-0.4, -0.2) is 38.9 Å². The van der Waals surface area contributed by atoms with Crippen molar-refractivity contribution < 1.29 is 14.4 Å². The van der Waals surface area contributed by atoms with Gasteiger partial charge in [-0.05, 0) is 60.6 Å². The fourth-order valence-corrected chi connectivity index (χ4v) is 4.69. The average molecular weight is 471 g/mol. The summed E-state index contributed by atoms with van der Waals surface area (Å²) in [6.07, 6.45) is 0.991. The zero-order valence-electron chi connectivity index (χ0n) is 18.5. The number of phenols is 1. The molecule has 4 rings (SSSR count). The van der Waals surface area contributed by atoms with Gasteiger partial charge in [0.2, 0.25) is 5.82 Å². The number of thiocarbonyl (C=S) groups is 1. The third-order valence-corrected chi connectivity index (χ3v) is 6.66. The quantitative estimate of drug-likeness (QED) is 0.455. The maximum absolute atomic E-state index is 10.4. The first-order valence-corrected chi connectivity index (χ1v) is 11.7. The van der Waals surface area contributed by atoms with Gasteiger partial charge in [-0.1, -0.05) is 31.1 Å². The van der Waals surface area contributed by atoms with Crippen molar-refractivity contribution in [1.29, 1.82) is 0 Å². The van der Waals surface area contributed by atoms with Gasteiger partial charge >= 0.3 is 0 Å². The monoisotopic (exact) mass is 470 g/mol. The molecule has 7 nitrogen and oxygen atoms in total. The Bertz CT molecular complexity index is 1140. The summed E-state index contributed by atoms with van der Waals surface area (Å²) in [6.45, 7) is 7.18. The topological polar surface area (TPSA) is 83.7 Å². The van der Waals surface area contributed by atoms with E-state index in [-0.39, 0.29) is 11.8 Å². The summed E-state index contributed by atoms with van der Waals surface area (Å²) in [5.41, 5.74) is 2.61. The zero-order valence-corrected chi connectivity index (χ0v) is 20.1. The van der Waals surface area contributed by atoms with E-state index in [0.717, 1.165) is 34.7 Å². The molecule has 1 aliphatic rings. The fourth-order valence-electron chi connectivity index (χ4n) is 3.69. The van der Waals surface area contributed by atoms with Crippen LogP contribution in [0.3, 0.4) is 0 Å². The number of methoxy groups -OCH3 is 1. The van der Waals surface area contributed by atoms with E-state index in [2.05, 4.69) is 29.2 Å². The summed E-state index contributed by atoms with van der Waals surface area (Å²) in [4.78, 5) is 7.71. The van der Waals surface area contributed by atoms with Crippen molar-refractivity contribution in [3.63, 3.8) is 0 Å². The first kappa shape index (κ1) is 22.3. The van der Waals surface area contributed by atoms with Crippen LogP contribution in [0, 0.1) is 5.92 Å². The van der Waals surface area contributed by atoms with Gasteiger partial charge < -0.3 is 24.6 Å². The van der Waals surface area contributed by atoms with E-state index < -0.39 is 0 Å². The molecule has 0 spiro atoms. The Balaban J connectivity index is 1.80. The second kappa shape index (κ2) is 9.30. The zero-order chi connectivity index (χ0) is 22.8.